The van der Waals surface area contributed by atoms with Crippen LogP contribution in [0.4, 0.5) is 13.2 Å². The van der Waals surface area contributed by atoms with E-state index in [1.165, 1.54) is 6.07 Å². The lowest BCUT2D eigenvalue weighted by atomic mass is 9.78. The summed E-state index contributed by atoms with van der Waals surface area (Å²) >= 11 is 0. The lowest BCUT2D eigenvalue weighted by Gasteiger charge is -2.29. The number of alkyl halides is 3. The maximum absolute atomic E-state index is 12.6. The first kappa shape index (κ1) is 17.0. The molecule has 0 saturated heterocycles. The zero-order valence-electron chi connectivity index (χ0n) is 12.5. The molecule has 4 heteroatoms. The van der Waals surface area contributed by atoms with Crippen molar-refractivity contribution in [3.8, 4) is 0 Å². The third-order valence-electron chi connectivity index (χ3n) is 3.83. The fourth-order valence-corrected chi connectivity index (χ4v) is 1.99. The van der Waals surface area contributed by atoms with E-state index in [2.05, 4.69) is 27.7 Å². The van der Waals surface area contributed by atoms with Crippen LogP contribution in [0.25, 0.3) is 0 Å². The van der Waals surface area contributed by atoms with Gasteiger partial charge in [0.15, 0.2) is 0 Å². The minimum atomic E-state index is -4.33. The molecular formula is C16H23F3O. The number of hydrogen-bond donors (Lipinski definition) is 1. The van der Waals surface area contributed by atoms with E-state index >= 15 is 0 Å². The van der Waals surface area contributed by atoms with Crippen LogP contribution in [-0.2, 0) is 12.6 Å². The first-order valence-electron chi connectivity index (χ1n) is 6.84. The van der Waals surface area contributed by atoms with E-state index in [0.29, 0.717) is 17.9 Å². The average molecular weight is 288 g/mol. The van der Waals surface area contributed by atoms with Gasteiger partial charge in [0, 0.05) is 0 Å². The van der Waals surface area contributed by atoms with Crippen molar-refractivity contribution in [3.63, 3.8) is 0 Å². The minimum absolute atomic E-state index is 0.0782. The first-order valence-corrected chi connectivity index (χ1v) is 6.84. The van der Waals surface area contributed by atoms with Crippen molar-refractivity contribution in [2.45, 2.75) is 52.8 Å². The van der Waals surface area contributed by atoms with Crippen LogP contribution >= 0.6 is 0 Å². The molecule has 2 unspecified atom stereocenters. The van der Waals surface area contributed by atoms with Gasteiger partial charge in [-0.1, -0.05) is 45.9 Å². The van der Waals surface area contributed by atoms with Gasteiger partial charge in [0.05, 0.1) is 11.7 Å². The molecule has 0 aliphatic rings. The molecule has 0 bridgehead atoms. The fourth-order valence-electron chi connectivity index (χ4n) is 1.99. The molecule has 1 rings (SSSR count). The van der Waals surface area contributed by atoms with Crippen LogP contribution in [0, 0.1) is 11.3 Å². The zero-order valence-corrected chi connectivity index (χ0v) is 12.5. The molecule has 1 nitrogen and oxygen atoms in total. The van der Waals surface area contributed by atoms with Crippen molar-refractivity contribution in [1.29, 1.82) is 0 Å². The predicted molar refractivity (Wildman–Crippen MR) is 74.4 cm³/mol. The molecule has 0 aliphatic heterocycles. The SMILES string of the molecule is CC(CC(O)Cc1cccc(C(F)(F)F)c1)C(C)(C)C. The smallest absolute Gasteiger partial charge is 0.393 e. The van der Waals surface area contributed by atoms with Crippen LogP contribution in [0.15, 0.2) is 24.3 Å². The Balaban J connectivity index is 2.69. The minimum Gasteiger partial charge on any atom is -0.393 e. The topological polar surface area (TPSA) is 20.2 Å². The van der Waals surface area contributed by atoms with Gasteiger partial charge in [-0.05, 0) is 35.8 Å². The van der Waals surface area contributed by atoms with Crippen LogP contribution in [0.2, 0.25) is 0 Å². The molecular weight excluding hydrogens is 265 g/mol. The molecule has 0 aliphatic carbocycles. The average Bonchev–Trinajstić information content (AvgIpc) is 2.26. The summed E-state index contributed by atoms with van der Waals surface area (Å²) < 4.78 is 37.8. The lowest BCUT2D eigenvalue weighted by molar-refractivity contribution is -0.137. The standard InChI is InChI=1S/C16H23F3O/c1-11(15(2,3)4)8-14(20)10-12-6-5-7-13(9-12)16(17,18)19/h5-7,9,11,14,20H,8,10H2,1-4H3. The van der Waals surface area contributed by atoms with Crippen molar-refractivity contribution in [1.82, 2.24) is 0 Å². The molecule has 1 N–H and O–H groups in total. The van der Waals surface area contributed by atoms with Gasteiger partial charge < -0.3 is 5.11 Å². The second-order valence-electron chi connectivity index (χ2n) is 6.56. The summed E-state index contributed by atoms with van der Waals surface area (Å²) in [6.45, 7) is 8.33. The highest BCUT2D eigenvalue weighted by Gasteiger charge is 2.30. The van der Waals surface area contributed by atoms with Crippen LogP contribution in [-0.4, -0.2) is 11.2 Å². The van der Waals surface area contributed by atoms with Crippen molar-refractivity contribution >= 4 is 0 Å². The summed E-state index contributed by atoms with van der Waals surface area (Å²) in [5.74, 6) is 0.295. The van der Waals surface area contributed by atoms with E-state index in [4.69, 9.17) is 0 Å². The Hall–Kier alpha value is -1.03. The molecule has 0 amide bonds. The number of aliphatic hydroxyl groups is 1. The maximum atomic E-state index is 12.6. The Morgan fingerprint density at radius 1 is 1.15 bits per heavy atom. The van der Waals surface area contributed by atoms with Gasteiger partial charge in [0.1, 0.15) is 0 Å². The van der Waals surface area contributed by atoms with E-state index in [9.17, 15) is 18.3 Å². The third kappa shape index (κ3) is 5.16. The number of halogens is 3. The second kappa shape index (κ2) is 6.17. The molecule has 2 atom stereocenters. The Bertz CT molecular complexity index is 432. The summed E-state index contributed by atoms with van der Waals surface area (Å²) in [6.07, 6.45) is -4.11. The van der Waals surface area contributed by atoms with Gasteiger partial charge in [-0.15, -0.1) is 0 Å². The highest BCUT2D eigenvalue weighted by Crippen LogP contribution is 2.31. The van der Waals surface area contributed by atoms with Crippen molar-refractivity contribution in [3.05, 3.63) is 35.4 Å². The van der Waals surface area contributed by atoms with Gasteiger partial charge in [0.25, 0.3) is 0 Å². The molecule has 0 radical (unpaired) electrons. The van der Waals surface area contributed by atoms with Crippen LogP contribution in [0.1, 0.15) is 45.2 Å². The Kier molecular flexibility index (Phi) is 5.25. The number of hydrogen-bond acceptors (Lipinski definition) is 1. The molecule has 1 aromatic rings. The molecule has 114 valence electrons. The molecule has 0 spiro atoms. The van der Waals surface area contributed by atoms with E-state index < -0.39 is 17.8 Å². The van der Waals surface area contributed by atoms with E-state index in [1.807, 2.05) is 0 Å². The van der Waals surface area contributed by atoms with Crippen molar-refractivity contribution < 1.29 is 18.3 Å². The summed E-state index contributed by atoms with van der Waals surface area (Å²) in [7, 11) is 0. The largest absolute Gasteiger partial charge is 0.416 e. The number of rotatable bonds is 4. The highest BCUT2D eigenvalue weighted by molar-refractivity contribution is 5.26. The van der Waals surface area contributed by atoms with Gasteiger partial charge in [-0.2, -0.15) is 13.2 Å². The monoisotopic (exact) mass is 288 g/mol. The summed E-state index contributed by atoms with van der Waals surface area (Å²) in [4.78, 5) is 0. The van der Waals surface area contributed by atoms with Gasteiger partial charge in [-0.3, -0.25) is 0 Å². The van der Waals surface area contributed by atoms with Crippen LogP contribution in [0.3, 0.4) is 0 Å². The lowest BCUT2D eigenvalue weighted by Crippen LogP contribution is -2.24. The van der Waals surface area contributed by atoms with Crippen LogP contribution in [0.5, 0.6) is 0 Å². The number of benzene rings is 1. The van der Waals surface area contributed by atoms with E-state index in [-0.39, 0.29) is 11.8 Å². The van der Waals surface area contributed by atoms with E-state index in [1.54, 1.807) is 6.07 Å². The van der Waals surface area contributed by atoms with Gasteiger partial charge in [-0.25, -0.2) is 0 Å². The maximum Gasteiger partial charge on any atom is 0.416 e. The molecule has 20 heavy (non-hydrogen) atoms. The Morgan fingerprint density at radius 3 is 2.25 bits per heavy atom. The Labute approximate surface area is 118 Å². The second-order valence-corrected chi connectivity index (χ2v) is 6.56. The van der Waals surface area contributed by atoms with Crippen molar-refractivity contribution in [2.75, 3.05) is 0 Å². The van der Waals surface area contributed by atoms with E-state index in [0.717, 1.165) is 12.1 Å². The van der Waals surface area contributed by atoms with Crippen molar-refractivity contribution in [2.24, 2.45) is 11.3 Å². The van der Waals surface area contributed by atoms with Gasteiger partial charge in [0.2, 0.25) is 0 Å². The van der Waals surface area contributed by atoms with Gasteiger partial charge >= 0.3 is 6.18 Å². The number of aliphatic hydroxyl groups excluding tert-OH is 1. The molecule has 0 aromatic heterocycles. The molecule has 0 heterocycles. The van der Waals surface area contributed by atoms with Crippen LogP contribution < -0.4 is 0 Å². The summed E-state index contributed by atoms with van der Waals surface area (Å²) in [5.41, 5.74) is -0.0612. The predicted octanol–water partition coefficient (Wildman–Crippen LogP) is 4.68. The fraction of sp³-hybridized carbons (Fsp3) is 0.625. The highest BCUT2D eigenvalue weighted by atomic mass is 19.4. The zero-order chi connectivity index (χ0) is 15.6. The quantitative estimate of drug-likeness (QED) is 0.852. The first-order chi connectivity index (χ1) is 9.00. The normalized spacial score (nSPS) is 16.0. The molecule has 1 aromatic carbocycles. The summed E-state index contributed by atoms with van der Waals surface area (Å²) in [5, 5.41) is 10.0. The summed E-state index contributed by atoms with van der Waals surface area (Å²) in [6, 6.07) is 5.18. The molecule has 0 fully saturated rings. The third-order valence-corrected chi connectivity index (χ3v) is 3.83. The Morgan fingerprint density at radius 2 is 1.75 bits per heavy atom. The molecule has 0 saturated carbocycles.